The van der Waals surface area contributed by atoms with E-state index in [4.69, 9.17) is 14.6 Å². The molecule has 0 saturated heterocycles. The van der Waals surface area contributed by atoms with Gasteiger partial charge in [0, 0.05) is 6.61 Å². The minimum Gasteiger partial charge on any atom is -0.465 e. The first-order valence-corrected chi connectivity index (χ1v) is 9.95. The molecule has 0 spiro atoms. The number of carbonyl (C=O) groups is 2. The lowest BCUT2D eigenvalue weighted by atomic mass is 9.64. The van der Waals surface area contributed by atoms with Gasteiger partial charge in [-0.05, 0) is 64.2 Å². The van der Waals surface area contributed by atoms with E-state index in [1.165, 1.54) is 0 Å². The molecule has 0 heterocycles. The molecule has 0 aromatic heterocycles. The Morgan fingerprint density at radius 2 is 1.85 bits per heavy atom. The normalized spacial score (nSPS) is 22.0. The van der Waals surface area contributed by atoms with Crippen molar-refractivity contribution in [2.45, 2.75) is 52.4 Å². The molecular formula is C22H34O5. The number of ether oxygens (including phenoxy) is 2. The largest absolute Gasteiger partial charge is 0.465 e. The molecule has 1 aliphatic rings. The first kappa shape index (κ1) is 23.2. The fourth-order valence-electron chi connectivity index (χ4n) is 3.63. The zero-order valence-corrected chi connectivity index (χ0v) is 16.7. The van der Waals surface area contributed by atoms with Gasteiger partial charge in [-0.15, -0.1) is 6.58 Å². The Morgan fingerprint density at radius 1 is 1.19 bits per heavy atom. The zero-order valence-electron chi connectivity index (χ0n) is 16.7. The van der Waals surface area contributed by atoms with Gasteiger partial charge in [0.1, 0.15) is 0 Å². The van der Waals surface area contributed by atoms with E-state index in [0.29, 0.717) is 18.8 Å². The second-order valence-electron chi connectivity index (χ2n) is 6.89. The molecule has 0 bridgehead atoms. The van der Waals surface area contributed by atoms with E-state index in [0.717, 1.165) is 25.7 Å². The Morgan fingerprint density at radius 3 is 2.41 bits per heavy atom. The average molecular weight is 379 g/mol. The van der Waals surface area contributed by atoms with Crippen molar-refractivity contribution in [2.75, 3.05) is 19.8 Å². The maximum Gasteiger partial charge on any atom is 0.323 e. The van der Waals surface area contributed by atoms with E-state index in [1.807, 2.05) is 24.3 Å². The summed E-state index contributed by atoms with van der Waals surface area (Å²) in [5.41, 5.74) is -1.22. The van der Waals surface area contributed by atoms with Crippen molar-refractivity contribution in [3.63, 3.8) is 0 Å². The van der Waals surface area contributed by atoms with E-state index in [9.17, 15) is 9.59 Å². The first-order valence-electron chi connectivity index (χ1n) is 9.95. The number of carbonyl (C=O) groups excluding carboxylic acids is 2. The van der Waals surface area contributed by atoms with E-state index < -0.39 is 17.4 Å². The molecule has 2 atom stereocenters. The number of aliphatic hydroxyl groups excluding tert-OH is 1. The summed E-state index contributed by atoms with van der Waals surface area (Å²) < 4.78 is 10.5. The zero-order chi connectivity index (χ0) is 20.1. The maximum absolute atomic E-state index is 12.7. The summed E-state index contributed by atoms with van der Waals surface area (Å²) in [6.07, 6.45) is 13.8. The number of aliphatic hydroxyl groups is 1. The van der Waals surface area contributed by atoms with Crippen molar-refractivity contribution in [3.8, 4) is 0 Å². The van der Waals surface area contributed by atoms with Crippen molar-refractivity contribution in [1.82, 2.24) is 0 Å². The average Bonchev–Trinajstić information content (AvgIpc) is 2.66. The smallest absolute Gasteiger partial charge is 0.323 e. The number of esters is 2. The summed E-state index contributed by atoms with van der Waals surface area (Å²) in [5.74, 6) is -0.551. The molecule has 5 heteroatoms. The molecule has 2 unspecified atom stereocenters. The number of hydrogen-bond acceptors (Lipinski definition) is 5. The monoisotopic (exact) mass is 378 g/mol. The van der Waals surface area contributed by atoms with Crippen molar-refractivity contribution < 1.29 is 24.2 Å². The third-order valence-electron chi connectivity index (χ3n) is 5.07. The molecule has 5 nitrogen and oxygen atoms in total. The highest BCUT2D eigenvalue weighted by Gasteiger charge is 2.53. The molecule has 27 heavy (non-hydrogen) atoms. The number of hydrogen-bond donors (Lipinski definition) is 1. The van der Waals surface area contributed by atoms with E-state index >= 15 is 0 Å². The van der Waals surface area contributed by atoms with Crippen LogP contribution in [-0.4, -0.2) is 36.9 Å². The van der Waals surface area contributed by atoms with Gasteiger partial charge in [0.2, 0.25) is 0 Å². The van der Waals surface area contributed by atoms with Gasteiger partial charge < -0.3 is 14.6 Å². The van der Waals surface area contributed by atoms with Gasteiger partial charge in [0.15, 0.2) is 5.41 Å². The highest BCUT2D eigenvalue weighted by molar-refractivity contribution is 6.00. The summed E-state index contributed by atoms with van der Waals surface area (Å²) in [5, 5.41) is 8.82. The van der Waals surface area contributed by atoms with Gasteiger partial charge in [-0.2, -0.15) is 0 Å². The summed E-state index contributed by atoms with van der Waals surface area (Å²) in [6, 6.07) is 0. The van der Waals surface area contributed by atoms with Crippen LogP contribution in [-0.2, 0) is 19.1 Å². The van der Waals surface area contributed by atoms with Crippen molar-refractivity contribution in [2.24, 2.45) is 17.3 Å². The molecule has 1 fully saturated rings. The fourth-order valence-corrected chi connectivity index (χ4v) is 3.63. The van der Waals surface area contributed by atoms with Gasteiger partial charge >= 0.3 is 11.9 Å². The molecule has 1 aliphatic carbocycles. The van der Waals surface area contributed by atoms with Crippen molar-refractivity contribution in [3.05, 3.63) is 37.0 Å². The quantitative estimate of drug-likeness (QED) is 0.194. The van der Waals surface area contributed by atoms with E-state index in [2.05, 4.69) is 12.7 Å². The highest BCUT2D eigenvalue weighted by atomic mass is 16.6. The van der Waals surface area contributed by atoms with Crippen LogP contribution in [0.2, 0.25) is 0 Å². The Bertz CT molecular complexity index is 517. The van der Waals surface area contributed by atoms with Crippen LogP contribution >= 0.6 is 0 Å². The molecule has 1 saturated carbocycles. The number of unbranched alkanes of at least 4 members (excludes halogenated alkanes) is 1. The van der Waals surface area contributed by atoms with Crippen LogP contribution in [0.1, 0.15) is 52.4 Å². The predicted octanol–water partition coefficient (Wildman–Crippen LogP) is 3.98. The molecule has 0 radical (unpaired) electrons. The van der Waals surface area contributed by atoms with Crippen molar-refractivity contribution in [1.29, 1.82) is 0 Å². The molecule has 0 amide bonds. The second-order valence-corrected chi connectivity index (χ2v) is 6.89. The van der Waals surface area contributed by atoms with Crippen LogP contribution in [0, 0.1) is 17.3 Å². The first-order chi connectivity index (χ1) is 13.1. The lowest BCUT2D eigenvalue weighted by molar-refractivity contribution is -0.176. The van der Waals surface area contributed by atoms with Crippen LogP contribution < -0.4 is 0 Å². The van der Waals surface area contributed by atoms with E-state index in [-0.39, 0.29) is 25.7 Å². The molecule has 0 aromatic rings. The van der Waals surface area contributed by atoms with Crippen LogP contribution in [0.5, 0.6) is 0 Å². The SMILES string of the molecule is C=CCC1CCC(C(=O)OCC)(C(=O)OCC)CC1/C=C/C=C/CCCO. The highest BCUT2D eigenvalue weighted by Crippen LogP contribution is 2.46. The molecule has 152 valence electrons. The topological polar surface area (TPSA) is 72.8 Å². The van der Waals surface area contributed by atoms with Crippen LogP contribution in [0.15, 0.2) is 37.0 Å². The molecule has 0 aliphatic heterocycles. The Balaban J connectivity index is 3.02. The number of allylic oxidation sites excluding steroid dienone is 5. The van der Waals surface area contributed by atoms with Crippen LogP contribution in [0.4, 0.5) is 0 Å². The molecule has 0 aromatic carbocycles. The van der Waals surface area contributed by atoms with Gasteiger partial charge in [0.25, 0.3) is 0 Å². The number of rotatable bonds is 11. The molecule has 1 rings (SSSR count). The summed E-state index contributed by atoms with van der Waals surface area (Å²) in [4.78, 5) is 25.4. The van der Waals surface area contributed by atoms with Crippen molar-refractivity contribution >= 4 is 11.9 Å². The van der Waals surface area contributed by atoms with Gasteiger partial charge in [-0.25, -0.2) is 0 Å². The third kappa shape index (κ3) is 6.65. The second kappa shape index (κ2) is 12.5. The van der Waals surface area contributed by atoms with Gasteiger partial charge in [-0.1, -0.05) is 30.4 Å². The summed E-state index contributed by atoms with van der Waals surface area (Å²) in [6.45, 7) is 7.99. The minimum absolute atomic E-state index is 0.0630. The van der Waals surface area contributed by atoms with Gasteiger partial charge in [0.05, 0.1) is 13.2 Å². The molecular weight excluding hydrogens is 344 g/mol. The van der Waals surface area contributed by atoms with Gasteiger partial charge in [-0.3, -0.25) is 9.59 Å². The molecule has 1 N–H and O–H groups in total. The Labute approximate surface area is 163 Å². The minimum atomic E-state index is -1.22. The lowest BCUT2D eigenvalue weighted by Gasteiger charge is -2.40. The Kier molecular flexibility index (Phi) is 10.7. The predicted molar refractivity (Wildman–Crippen MR) is 106 cm³/mol. The Hall–Kier alpha value is -1.88. The summed E-state index contributed by atoms with van der Waals surface area (Å²) in [7, 11) is 0. The van der Waals surface area contributed by atoms with Crippen LogP contribution in [0.25, 0.3) is 0 Å². The van der Waals surface area contributed by atoms with Crippen LogP contribution in [0.3, 0.4) is 0 Å². The standard InChI is InChI=1S/C22H34O5/c1-4-12-18-14-15-22(20(24)26-5-2,21(25)27-6-3)17-19(18)13-10-8-7-9-11-16-23/h4,7-8,10,13,18-19,23H,1,5-6,9,11-12,14-17H2,2-3H3/b8-7+,13-10+. The van der Waals surface area contributed by atoms with E-state index in [1.54, 1.807) is 13.8 Å². The fraction of sp³-hybridized carbons (Fsp3) is 0.636. The third-order valence-corrected chi connectivity index (χ3v) is 5.07. The lowest BCUT2D eigenvalue weighted by Crippen LogP contribution is -2.47. The summed E-state index contributed by atoms with van der Waals surface area (Å²) >= 11 is 0. The maximum atomic E-state index is 12.7.